The molecule has 0 aliphatic rings. The van der Waals surface area contributed by atoms with Crippen molar-refractivity contribution < 1.29 is 9.53 Å². The Morgan fingerprint density at radius 3 is 2.75 bits per heavy atom. The summed E-state index contributed by atoms with van der Waals surface area (Å²) in [5.74, 6) is 0.760. The lowest BCUT2D eigenvalue weighted by molar-refractivity contribution is -0.121. The van der Waals surface area contributed by atoms with Crippen LogP contribution in [-0.4, -0.2) is 10.9 Å². The van der Waals surface area contributed by atoms with Crippen LogP contribution in [0.2, 0.25) is 5.02 Å². The summed E-state index contributed by atoms with van der Waals surface area (Å²) in [6.07, 6.45) is 1.04. The molecule has 0 radical (unpaired) electrons. The molecule has 0 saturated heterocycles. The van der Waals surface area contributed by atoms with E-state index >= 15 is 0 Å². The van der Waals surface area contributed by atoms with Gasteiger partial charge < -0.3 is 10.1 Å². The smallest absolute Gasteiger partial charge is 0.226 e. The Morgan fingerprint density at radius 1 is 1.25 bits per heavy atom. The molecule has 4 nitrogen and oxygen atoms in total. The molecule has 2 aromatic carbocycles. The Balaban J connectivity index is 1.53. The number of benzene rings is 2. The lowest BCUT2D eigenvalue weighted by Gasteiger charge is -2.17. The zero-order valence-corrected chi connectivity index (χ0v) is 17.5. The van der Waals surface area contributed by atoms with Crippen molar-refractivity contribution >= 4 is 28.8 Å². The van der Waals surface area contributed by atoms with Crippen LogP contribution in [0.25, 0.3) is 0 Å². The summed E-state index contributed by atoms with van der Waals surface area (Å²) in [6.45, 7) is 4.47. The third kappa shape index (κ3) is 5.81. The molecular weight excluding hydrogens is 392 g/mol. The van der Waals surface area contributed by atoms with Gasteiger partial charge in [0.2, 0.25) is 5.91 Å². The molecule has 0 bridgehead atoms. The van der Waals surface area contributed by atoms with E-state index in [9.17, 15) is 4.79 Å². The van der Waals surface area contributed by atoms with Crippen molar-refractivity contribution in [3.05, 3.63) is 80.8 Å². The van der Waals surface area contributed by atoms with E-state index in [1.54, 1.807) is 0 Å². The molecular formula is C22H23ClN2O2S. The monoisotopic (exact) mass is 414 g/mol. The lowest BCUT2D eigenvalue weighted by Crippen LogP contribution is -2.29. The first-order valence-corrected chi connectivity index (χ1v) is 10.5. The topological polar surface area (TPSA) is 51.2 Å². The minimum absolute atomic E-state index is 0.0527. The summed E-state index contributed by atoms with van der Waals surface area (Å²) < 4.78 is 5.75. The van der Waals surface area contributed by atoms with Gasteiger partial charge in [0.15, 0.2) is 0 Å². The van der Waals surface area contributed by atoms with Gasteiger partial charge in [0, 0.05) is 10.4 Å². The van der Waals surface area contributed by atoms with Crippen LogP contribution in [0.15, 0.2) is 53.9 Å². The fraction of sp³-hybridized carbons (Fsp3) is 0.273. The zero-order valence-electron chi connectivity index (χ0n) is 15.9. The molecule has 1 N–H and O–H groups in total. The average Bonchev–Trinajstić information content (AvgIpc) is 3.13. The van der Waals surface area contributed by atoms with Gasteiger partial charge in [0.1, 0.15) is 17.4 Å². The van der Waals surface area contributed by atoms with Gasteiger partial charge in [-0.2, -0.15) is 0 Å². The highest BCUT2D eigenvalue weighted by atomic mass is 35.5. The first-order valence-electron chi connectivity index (χ1n) is 9.21. The third-order valence-corrected chi connectivity index (χ3v) is 5.43. The van der Waals surface area contributed by atoms with Crippen LogP contribution in [-0.2, 0) is 17.8 Å². The summed E-state index contributed by atoms with van der Waals surface area (Å²) in [5, 5.41) is 6.50. The Labute approximate surface area is 174 Å². The van der Waals surface area contributed by atoms with E-state index in [4.69, 9.17) is 16.3 Å². The number of hydrogen-bond acceptors (Lipinski definition) is 4. The highest BCUT2D eigenvalue weighted by Gasteiger charge is 2.15. The number of rotatable bonds is 8. The second kappa shape index (κ2) is 9.71. The van der Waals surface area contributed by atoms with Crippen molar-refractivity contribution in [2.24, 2.45) is 0 Å². The Bertz CT molecular complexity index is 924. The van der Waals surface area contributed by atoms with E-state index in [1.165, 1.54) is 16.9 Å². The minimum Gasteiger partial charge on any atom is -0.486 e. The molecule has 6 heteroatoms. The van der Waals surface area contributed by atoms with Crippen LogP contribution in [0.5, 0.6) is 5.75 Å². The van der Waals surface area contributed by atoms with Crippen molar-refractivity contribution in [1.29, 1.82) is 0 Å². The Morgan fingerprint density at radius 2 is 2.04 bits per heavy atom. The Kier molecular flexibility index (Phi) is 7.06. The maximum atomic E-state index is 12.4. The summed E-state index contributed by atoms with van der Waals surface area (Å²) in [5.41, 5.74) is 2.96. The molecule has 1 aromatic heterocycles. The summed E-state index contributed by atoms with van der Waals surface area (Å²) in [4.78, 5) is 17.0. The van der Waals surface area contributed by atoms with Crippen molar-refractivity contribution in [2.45, 2.75) is 39.3 Å². The van der Waals surface area contributed by atoms with E-state index in [0.29, 0.717) is 11.6 Å². The number of aromatic nitrogens is 1. The molecule has 0 fully saturated rings. The highest BCUT2D eigenvalue weighted by Crippen LogP contribution is 2.21. The summed E-state index contributed by atoms with van der Waals surface area (Å²) in [6, 6.07) is 15.4. The molecule has 3 aromatic rings. The number of aryl methyl sites for hydroxylation is 1. The number of halogens is 1. The first kappa shape index (κ1) is 20.4. The van der Waals surface area contributed by atoms with E-state index in [1.807, 2.05) is 67.8 Å². The molecule has 28 heavy (non-hydrogen) atoms. The van der Waals surface area contributed by atoms with Crippen LogP contribution in [0.3, 0.4) is 0 Å². The summed E-state index contributed by atoms with van der Waals surface area (Å²) in [7, 11) is 0. The number of carbonyl (C=O) groups excluding carboxylic acids is 1. The number of carbonyl (C=O) groups is 1. The largest absolute Gasteiger partial charge is 0.486 e. The fourth-order valence-electron chi connectivity index (χ4n) is 2.83. The molecule has 146 valence electrons. The lowest BCUT2D eigenvalue weighted by atomic mass is 10.0. The quantitative estimate of drug-likeness (QED) is 0.530. The van der Waals surface area contributed by atoms with E-state index in [2.05, 4.69) is 10.3 Å². The molecule has 0 aliphatic carbocycles. The number of nitrogens with one attached hydrogen (secondary N) is 1. The molecule has 0 saturated carbocycles. The van der Waals surface area contributed by atoms with Crippen LogP contribution in [0, 0.1) is 6.92 Å². The van der Waals surface area contributed by atoms with Gasteiger partial charge in [0.25, 0.3) is 0 Å². The maximum absolute atomic E-state index is 12.4. The SMILES string of the molecule is CCC(NC(=O)Cc1csc(COc2ccc(C)cc2)n1)c1cccc(Cl)c1. The van der Waals surface area contributed by atoms with Gasteiger partial charge in [-0.05, 0) is 43.2 Å². The molecule has 1 amide bonds. The van der Waals surface area contributed by atoms with Crippen molar-refractivity contribution in [3.63, 3.8) is 0 Å². The molecule has 0 aliphatic heterocycles. The number of amides is 1. The number of nitrogens with zero attached hydrogens (tertiary/aromatic N) is 1. The highest BCUT2D eigenvalue weighted by molar-refractivity contribution is 7.09. The predicted octanol–water partition coefficient (Wildman–Crippen LogP) is 5.49. The predicted molar refractivity (Wildman–Crippen MR) is 114 cm³/mol. The van der Waals surface area contributed by atoms with Gasteiger partial charge in [0.05, 0.1) is 18.2 Å². The van der Waals surface area contributed by atoms with Crippen LogP contribution >= 0.6 is 22.9 Å². The first-order chi connectivity index (χ1) is 13.5. The van der Waals surface area contributed by atoms with Crippen molar-refractivity contribution in [1.82, 2.24) is 10.3 Å². The molecule has 0 spiro atoms. The standard InChI is InChI=1S/C22H23ClN2O2S/c1-3-20(16-5-4-6-17(23)11-16)25-21(26)12-18-14-28-22(24-18)13-27-19-9-7-15(2)8-10-19/h4-11,14,20H,3,12-13H2,1-2H3,(H,25,26). The second-order valence-corrected chi connectivity index (χ2v) is 7.97. The summed E-state index contributed by atoms with van der Waals surface area (Å²) >= 11 is 7.57. The van der Waals surface area contributed by atoms with Gasteiger partial charge in [-0.15, -0.1) is 11.3 Å². The van der Waals surface area contributed by atoms with E-state index in [0.717, 1.165) is 28.4 Å². The fourth-order valence-corrected chi connectivity index (χ4v) is 3.73. The maximum Gasteiger partial charge on any atom is 0.226 e. The van der Waals surface area contributed by atoms with Crippen LogP contribution < -0.4 is 10.1 Å². The number of hydrogen-bond donors (Lipinski definition) is 1. The van der Waals surface area contributed by atoms with Crippen LogP contribution in [0.1, 0.15) is 41.2 Å². The average molecular weight is 415 g/mol. The van der Waals surface area contributed by atoms with Gasteiger partial charge in [-0.25, -0.2) is 4.98 Å². The second-order valence-electron chi connectivity index (χ2n) is 6.59. The molecule has 1 heterocycles. The van der Waals surface area contributed by atoms with Crippen LogP contribution in [0.4, 0.5) is 0 Å². The zero-order chi connectivity index (χ0) is 19.9. The normalized spacial score (nSPS) is 11.8. The van der Waals surface area contributed by atoms with E-state index < -0.39 is 0 Å². The third-order valence-electron chi connectivity index (χ3n) is 4.32. The van der Waals surface area contributed by atoms with Gasteiger partial charge in [-0.3, -0.25) is 4.79 Å². The van der Waals surface area contributed by atoms with Crippen molar-refractivity contribution in [2.75, 3.05) is 0 Å². The number of ether oxygens (including phenoxy) is 1. The molecule has 1 unspecified atom stereocenters. The Hall–Kier alpha value is -2.37. The van der Waals surface area contributed by atoms with Gasteiger partial charge >= 0.3 is 0 Å². The van der Waals surface area contributed by atoms with Crippen molar-refractivity contribution in [3.8, 4) is 5.75 Å². The van der Waals surface area contributed by atoms with Gasteiger partial charge in [-0.1, -0.05) is 48.4 Å². The number of thiazole rings is 1. The van der Waals surface area contributed by atoms with E-state index in [-0.39, 0.29) is 18.4 Å². The molecule has 3 rings (SSSR count). The molecule has 1 atom stereocenters. The minimum atomic E-state index is -0.0609.